The Morgan fingerprint density at radius 3 is 2.37 bits per heavy atom. The number of nitrogens with two attached hydrogens (primary N) is 1. The molecule has 5 heteroatoms. The van der Waals surface area contributed by atoms with Crippen LogP contribution in [0.25, 0.3) is 0 Å². The molecule has 0 spiro atoms. The molecule has 0 aliphatic heterocycles. The van der Waals surface area contributed by atoms with E-state index in [0.717, 1.165) is 12.2 Å². The molecule has 0 heterocycles. The van der Waals surface area contributed by atoms with Crippen LogP contribution in [0.5, 0.6) is 5.75 Å². The lowest BCUT2D eigenvalue weighted by Gasteiger charge is -2.07. The average molecular weight is 285 g/mol. The molecule has 0 saturated heterocycles. The van der Waals surface area contributed by atoms with Crippen molar-refractivity contribution in [2.24, 2.45) is 5.14 Å². The predicted molar refractivity (Wildman–Crippen MR) is 77.8 cm³/mol. The van der Waals surface area contributed by atoms with Gasteiger partial charge in [-0.15, -0.1) is 0 Å². The van der Waals surface area contributed by atoms with Gasteiger partial charge in [0.15, 0.2) is 0 Å². The molecule has 0 aliphatic carbocycles. The van der Waals surface area contributed by atoms with Crippen molar-refractivity contribution in [1.82, 2.24) is 0 Å². The van der Waals surface area contributed by atoms with Gasteiger partial charge in [0.1, 0.15) is 5.75 Å². The Bertz CT molecular complexity index is 454. The molecule has 0 unspecified atom stereocenters. The molecule has 0 atom stereocenters. The van der Waals surface area contributed by atoms with E-state index in [4.69, 9.17) is 9.88 Å². The Morgan fingerprint density at radius 2 is 1.79 bits per heavy atom. The Morgan fingerprint density at radius 1 is 1.11 bits per heavy atom. The van der Waals surface area contributed by atoms with Crippen LogP contribution < -0.4 is 9.88 Å². The highest BCUT2D eigenvalue weighted by atomic mass is 32.2. The predicted octanol–water partition coefficient (Wildman–Crippen LogP) is 2.48. The third kappa shape index (κ3) is 7.85. The van der Waals surface area contributed by atoms with Gasteiger partial charge in [0.05, 0.1) is 12.4 Å². The van der Waals surface area contributed by atoms with Crippen molar-refractivity contribution in [2.75, 3.05) is 12.4 Å². The van der Waals surface area contributed by atoms with E-state index in [9.17, 15) is 8.42 Å². The molecule has 0 saturated carbocycles. The summed E-state index contributed by atoms with van der Waals surface area (Å²) in [4.78, 5) is 0. The molecular weight excluding hydrogens is 262 g/mol. The fourth-order valence-corrected chi connectivity index (χ4v) is 2.34. The van der Waals surface area contributed by atoms with Crippen molar-refractivity contribution in [3.63, 3.8) is 0 Å². The summed E-state index contributed by atoms with van der Waals surface area (Å²) >= 11 is 0. The summed E-state index contributed by atoms with van der Waals surface area (Å²) in [5.74, 6) is 0.850. The van der Waals surface area contributed by atoms with Crippen molar-refractivity contribution in [2.45, 2.75) is 39.0 Å². The third-order valence-corrected chi connectivity index (χ3v) is 3.69. The maximum atomic E-state index is 10.7. The number of hydrogen-bond acceptors (Lipinski definition) is 3. The van der Waals surface area contributed by atoms with E-state index in [1.807, 2.05) is 12.1 Å². The highest BCUT2D eigenvalue weighted by Gasteiger charge is 2.02. The Labute approximate surface area is 116 Å². The van der Waals surface area contributed by atoms with Crippen LogP contribution in [-0.2, 0) is 16.4 Å². The Hall–Kier alpha value is -1.07. The minimum Gasteiger partial charge on any atom is -0.494 e. The van der Waals surface area contributed by atoms with Gasteiger partial charge in [-0.25, -0.2) is 13.6 Å². The largest absolute Gasteiger partial charge is 0.494 e. The molecule has 0 amide bonds. The van der Waals surface area contributed by atoms with Crippen LogP contribution >= 0.6 is 0 Å². The third-order valence-electron chi connectivity index (χ3n) is 2.83. The lowest BCUT2D eigenvalue weighted by molar-refractivity contribution is 0.309. The minimum absolute atomic E-state index is 0.0202. The van der Waals surface area contributed by atoms with E-state index >= 15 is 0 Å². The highest BCUT2D eigenvalue weighted by Crippen LogP contribution is 2.14. The normalized spacial score (nSPS) is 11.5. The molecule has 0 fully saturated rings. The van der Waals surface area contributed by atoms with E-state index in [2.05, 4.69) is 19.1 Å². The first-order valence-corrected chi connectivity index (χ1v) is 8.45. The maximum Gasteiger partial charge on any atom is 0.209 e. The summed E-state index contributed by atoms with van der Waals surface area (Å²) in [7, 11) is -3.34. The molecule has 1 rings (SSSR count). The lowest BCUT2D eigenvalue weighted by Crippen LogP contribution is -2.16. The molecule has 1 aromatic carbocycles. The standard InChI is InChI=1S/C14H23NO3S/c1-2-3-6-13-7-9-14(10-8-13)18-11-4-5-12-19(15,16)17/h7-10H,2-6,11-12H2,1H3,(H2,15,16,17). The zero-order valence-corrected chi connectivity index (χ0v) is 12.3. The number of unbranched alkanes of at least 4 members (excludes halogenated alkanes) is 2. The average Bonchev–Trinajstić information content (AvgIpc) is 2.36. The number of ether oxygens (including phenoxy) is 1. The first kappa shape index (κ1) is 16.0. The van der Waals surface area contributed by atoms with Gasteiger partial charge < -0.3 is 4.74 Å². The number of hydrogen-bond donors (Lipinski definition) is 1. The van der Waals surface area contributed by atoms with Crippen LogP contribution in [0.15, 0.2) is 24.3 Å². The topological polar surface area (TPSA) is 69.4 Å². The number of benzene rings is 1. The van der Waals surface area contributed by atoms with Crippen LogP contribution in [0.1, 0.15) is 38.2 Å². The van der Waals surface area contributed by atoms with Gasteiger partial charge in [-0.1, -0.05) is 25.5 Å². The molecule has 0 bridgehead atoms. The summed E-state index contributed by atoms with van der Waals surface area (Å²) < 4.78 is 27.0. The van der Waals surface area contributed by atoms with Crippen LogP contribution in [0.4, 0.5) is 0 Å². The van der Waals surface area contributed by atoms with Gasteiger partial charge in [-0.2, -0.15) is 0 Å². The zero-order chi connectivity index (χ0) is 14.1. The first-order chi connectivity index (χ1) is 9.01. The lowest BCUT2D eigenvalue weighted by atomic mass is 10.1. The maximum absolute atomic E-state index is 10.7. The van der Waals surface area contributed by atoms with Crippen molar-refractivity contribution in [1.29, 1.82) is 0 Å². The van der Waals surface area contributed by atoms with E-state index in [1.165, 1.54) is 18.4 Å². The smallest absolute Gasteiger partial charge is 0.209 e. The second-order valence-electron chi connectivity index (χ2n) is 4.67. The Kier molecular flexibility index (Phi) is 6.87. The minimum atomic E-state index is -3.34. The number of primary sulfonamides is 1. The van der Waals surface area contributed by atoms with Crippen molar-refractivity contribution in [3.8, 4) is 5.75 Å². The number of sulfonamides is 1. The molecular formula is C14H23NO3S. The van der Waals surface area contributed by atoms with Crippen molar-refractivity contribution >= 4 is 10.0 Å². The summed E-state index contributed by atoms with van der Waals surface area (Å²) in [5.41, 5.74) is 1.32. The van der Waals surface area contributed by atoms with Crippen molar-refractivity contribution in [3.05, 3.63) is 29.8 Å². The van der Waals surface area contributed by atoms with Crippen molar-refractivity contribution < 1.29 is 13.2 Å². The van der Waals surface area contributed by atoms with Gasteiger partial charge in [0.2, 0.25) is 10.0 Å². The van der Waals surface area contributed by atoms with Crippen LogP contribution in [0, 0.1) is 0 Å². The van der Waals surface area contributed by atoms with E-state index < -0.39 is 10.0 Å². The molecule has 19 heavy (non-hydrogen) atoms. The molecule has 2 N–H and O–H groups in total. The summed E-state index contributed by atoms with van der Waals surface area (Å²) in [6, 6.07) is 8.08. The monoisotopic (exact) mass is 285 g/mol. The van der Waals surface area contributed by atoms with E-state index in [-0.39, 0.29) is 5.75 Å². The van der Waals surface area contributed by atoms with Crippen LogP contribution in [0.3, 0.4) is 0 Å². The number of rotatable bonds is 9. The number of aryl methyl sites for hydroxylation is 1. The van der Waals surface area contributed by atoms with Gasteiger partial charge in [0.25, 0.3) is 0 Å². The summed E-state index contributed by atoms with van der Waals surface area (Å²) in [5, 5.41) is 4.92. The fraction of sp³-hybridized carbons (Fsp3) is 0.571. The van der Waals surface area contributed by atoms with E-state index in [0.29, 0.717) is 19.4 Å². The first-order valence-electron chi connectivity index (χ1n) is 6.73. The fourth-order valence-electron chi connectivity index (χ4n) is 1.73. The summed E-state index contributed by atoms with van der Waals surface area (Å²) in [6.45, 7) is 2.70. The van der Waals surface area contributed by atoms with Gasteiger partial charge in [-0.3, -0.25) is 0 Å². The molecule has 1 aromatic rings. The van der Waals surface area contributed by atoms with Gasteiger partial charge in [0, 0.05) is 0 Å². The Balaban J connectivity index is 2.22. The summed E-state index contributed by atoms with van der Waals surface area (Å²) in [6.07, 6.45) is 4.72. The molecule has 0 radical (unpaired) electrons. The SMILES string of the molecule is CCCCc1ccc(OCCCCS(N)(=O)=O)cc1. The molecule has 108 valence electrons. The van der Waals surface area contributed by atoms with Crippen LogP contribution in [-0.4, -0.2) is 20.8 Å². The van der Waals surface area contributed by atoms with E-state index in [1.54, 1.807) is 0 Å². The van der Waals surface area contributed by atoms with Gasteiger partial charge >= 0.3 is 0 Å². The van der Waals surface area contributed by atoms with Crippen LogP contribution in [0.2, 0.25) is 0 Å². The van der Waals surface area contributed by atoms with Gasteiger partial charge in [-0.05, 0) is 43.4 Å². The second kappa shape index (κ2) is 8.17. The molecule has 0 aromatic heterocycles. The molecule has 0 aliphatic rings. The highest BCUT2D eigenvalue weighted by molar-refractivity contribution is 7.89. The quantitative estimate of drug-likeness (QED) is 0.709. The second-order valence-corrected chi connectivity index (χ2v) is 6.40. The molecule has 4 nitrogen and oxygen atoms in total. The zero-order valence-electron chi connectivity index (χ0n) is 11.5.